The molecule has 0 bridgehead atoms. The monoisotopic (exact) mass is 379 g/mol. The summed E-state index contributed by atoms with van der Waals surface area (Å²) in [5.41, 5.74) is 1.97. The second kappa shape index (κ2) is 11.2. The minimum atomic E-state index is -0.381. The third kappa shape index (κ3) is 7.21. The molecule has 0 fully saturated rings. The van der Waals surface area contributed by atoms with Gasteiger partial charge in [-0.1, -0.05) is 12.1 Å². The van der Waals surface area contributed by atoms with Gasteiger partial charge >= 0.3 is 0 Å². The molecule has 2 aromatic rings. The lowest BCUT2D eigenvalue weighted by Crippen LogP contribution is -2.23. The highest BCUT2D eigenvalue weighted by atomic mass is 35.5. The van der Waals surface area contributed by atoms with E-state index < -0.39 is 0 Å². The number of carbonyl (C=O) groups is 2. The molecule has 0 saturated carbocycles. The quantitative estimate of drug-likeness (QED) is 0.617. The van der Waals surface area contributed by atoms with E-state index in [1.165, 1.54) is 24.3 Å². The van der Waals surface area contributed by atoms with Crippen molar-refractivity contribution >= 4 is 29.9 Å². The molecule has 0 aliphatic heterocycles. The van der Waals surface area contributed by atoms with E-state index in [1.807, 2.05) is 19.2 Å². The van der Waals surface area contributed by atoms with E-state index in [0.717, 1.165) is 18.5 Å². The summed E-state index contributed by atoms with van der Waals surface area (Å²) in [5, 5.41) is 8.61. The molecule has 2 amide bonds. The van der Waals surface area contributed by atoms with Gasteiger partial charge in [0.25, 0.3) is 5.91 Å². The van der Waals surface area contributed by atoms with Crippen LogP contribution in [0.5, 0.6) is 0 Å². The molecule has 2 aromatic carbocycles. The molecule has 0 saturated heterocycles. The molecule has 26 heavy (non-hydrogen) atoms. The number of rotatable bonds is 8. The van der Waals surface area contributed by atoms with Crippen molar-refractivity contribution < 1.29 is 14.0 Å². The minimum absolute atomic E-state index is 0. The van der Waals surface area contributed by atoms with Crippen LogP contribution in [0.4, 0.5) is 10.1 Å². The fourth-order valence-corrected chi connectivity index (χ4v) is 2.23. The highest BCUT2D eigenvalue weighted by Crippen LogP contribution is 2.12. The maximum atomic E-state index is 12.9. The van der Waals surface area contributed by atoms with E-state index in [1.54, 1.807) is 12.1 Å². The van der Waals surface area contributed by atoms with Gasteiger partial charge in [0, 0.05) is 24.2 Å². The van der Waals surface area contributed by atoms with Gasteiger partial charge in [-0.2, -0.15) is 0 Å². The Bertz CT molecular complexity index is 706. The first-order chi connectivity index (χ1) is 12.1. The Kier molecular flexibility index (Phi) is 9.33. The number of hydrogen-bond acceptors (Lipinski definition) is 3. The van der Waals surface area contributed by atoms with Crippen LogP contribution in [0.15, 0.2) is 48.5 Å². The van der Waals surface area contributed by atoms with Gasteiger partial charge in [-0.25, -0.2) is 4.39 Å². The van der Waals surface area contributed by atoms with Crippen molar-refractivity contribution in [3.8, 4) is 0 Å². The number of benzene rings is 2. The van der Waals surface area contributed by atoms with Gasteiger partial charge in [0.2, 0.25) is 5.91 Å². The Morgan fingerprint density at radius 3 is 2.27 bits per heavy atom. The lowest BCUT2D eigenvalue weighted by atomic mass is 10.1. The maximum absolute atomic E-state index is 12.9. The molecule has 0 aromatic heterocycles. The minimum Gasteiger partial charge on any atom is -0.352 e. The summed E-state index contributed by atoms with van der Waals surface area (Å²) in [5.74, 6) is -0.663. The summed E-state index contributed by atoms with van der Waals surface area (Å²) >= 11 is 0. The van der Waals surface area contributed by atoms with Gasteiger partial charge in [0.1, 0.15) is 5.82 Å². The number of carbonyl (C=O) groups excluding carboxylic acids is 2. The molecule has 0 unspecified atom stereocenters. The summed E-state index contributed by atoms with van der Waals surface area (Å²) in [6.45, 7) is 1.26. The summed E-state index contributed by atoms with van der Waals surface area (Å²) in [4.78, 5) is 23.7. The van der Waals surface area contributed by atoms with Crippen LogP contribution >= 0.6 is 12.4 Å². The van der Waals surface area contributed by atoms with Crippen molar-refractivity contribution in [2.75, 3.05) is 18.9 Å². The first-order valence-corrected chi connectivity index (χ1v) is 8.15. The third-order valence-corrected chi connectivity index (χ3v) is 3.64. The summed E-state index contributed by atoms with van der Waals surface area (Å²) < 4.78 is 12.9. The molecule has 0 aliphatic carbocycles. The Labute approximate surface area is 158 Å². The lowest BCUT2D eigenvalue weighted by molar-refractivity contribution is -0.121. The second-order valence-electron chi connectivity index (χ2n) is 5.64. The van der Waals surface area contributed by atoms with Crippen molar-refractivity contribution in [2.24, 2.45) is 0 Å². The van der Waals surface area contributed by atoms with Crippen LogP contribution < -0.4 is 16.0 Å². The van der Waals surface area contributed by atoms with Gasteiger partial charge in [0.15, 0.2) is 0 Å². The van der Waals surface area contributed by atoms with E-state index in [-0.39, 0.29) is 30.0 Å². The average Bonchev–Trinajstić information content (AvgIpc) is 2.62. The standard InChI is InChI=1S/C19H22FN3O2.ClH/c1-21-12-2-3-18(24)22-13-14-4-10-17(11-5-14)23-19(25)15-6-8-16(20)9-7-15;/h4-11,21H,2-3,12-13H2,1H3,(H,22,24)(H,23,25);1H. The zero-order valence-corrected chi connectivity index (χ0v) is 15.4. The lowest BCUT2D eigenvalue weighted by Gasteiger charge is -2.08. The molecule has 7 heteroatoms. The van der Waals surface area contributed by atoms with Gasteiger partial charge in [0.05, 0.1) is 0 Å². The number of halogens is 2. The Morgan fingerprint density at radius 1 is 1.00 bits per heavy atom. The van der Waals surface area contributed by atoms with Gasteiger partial charge in [-0.15, -0.1) is 12.4 Å². The van der Waals surface area contributed by atoms with Crippen LogP contribution in [-0.2, 0) is 11.3 Å². The van der Waals surface area contributed by atoms with Crippen LogP contribution in [0.1, 0.15) is 28.8 Å². The predicted molar refractivity (Wildman–Crippen MR) is 103 cm³/mol. The zero-order valence-electron chi connectivity index (χ0n) is 14.5. The number of amides is 2. The molecule has 0 atom stereocenters. The molecule has 3 N–H and O–H groups in total. The number of hydrogen-bond donors (Lipinski definition) is 3. The molecule has 140 valence electrons. The van der Waals surface area contributed by atoms with Gasteiger partial charge < -0.3 is 16.0 Å². The topological polar surface area (TPSA) is 70.2 Å². The highest BCUT2D eigenvalue weighted by Gasteiger charge is 2.06. The third-order valence-electron chi connectivity index (χ3n) is 3.64. The van der Waals surface area contributed by atoms with E-state index >= 15 is 0 Å². The van der Waals surface area contributed by atoms with Crippen LogP contribution in [0.3, 0.4) is 0 Å². The van der Waals surface area contributed by atoms with E-state index in [0.29, 0.717) is 24.2 Å². The number of anilines is 1. The summed E-state index contributed by atoms with van der Waals surface area (Å²) in [7, 11) is 1.86. The molecular weight excluding hydrogens is 357 g/mol. The molecule has 0 spiro atoms. The van der Waals surface area contributed by atoms with E-state index in [2.05, 4.69) is 16.0 Å². The molecule has 0 radical (unpaired) electrons. The van der Waals surface area contributed by atoms with Crippen LogP contribution in [-0.4, -0.2) is 25.4 Å². The van der Waals surface area contributed by atoms with E-state index in [9.17, 15) is 14.0 Å². The smallest absolute Gasteiger partial charge is 0.255 e. The molecular formula is C19H23ClFN3O2. The first-order valence-electron chi connectivity index (χ1n) is 8.15. The second-order valence-corrected chi connectivity index (χ2v) is 5.64. The molecule has 5 nitrogen and oxygen atoms in total. The van der Waals surface area contributed by atoms with E-state index in [4.69, 9.17) is 0 Å². The summed E-state index contributed by atoms with van der Waals surface area (Å²) in [6.07, 6.45) is 1.29. The molecule has 0 heterocycles. The number of nitrogens with one attached hydrogen (secondary N) is 3. The van der Waals surface area contributed by atoms with Crippen molar-refractivity contribution in [3.63, 3.8) is 0 Å². The average molecular weight is 380 g/mol. The Balaban J connectivity index is 0.00000338. The Hall–Kier alpha value is -2.44. The highest BCUT2D eigenvalue weighted by molar-refractivity contribution is 6.04. The molecule has 0 aliphatic rings. The molecule has 2 rings (SSSR count). The predicted octanol–water partition coefficient (Wildman–Crippen LogP) is 3.12. The van der Waals surface area contributed by atoms with Crippen LogP contribution in [0.25, 0.3) is 0 Å². The zero-order chi connectivity index (χ0) is 18.1. The van der Waals surface area contributed by atoms with Gasteiger partial charge in [-0.05, 0) is 62.0 Å². The largest absolute Gasteiger partial charge is 0.352 e. The van der Waals surface area contributed by atoms with Crippen molar-refractivity contribution in [1.29, 1.82) is 0 Å². The normalized spacial score (nSPS) is 9.92. The maximum Gasteiger partial charge on any atom is 0.255 e. The van der Waals surface area contributed by atoms with Crippen molar-refractivity contribution in [1.82, 2.24) is 10.6 Å². The van der Waals surface area contributed by atoms with Crippen molar-refractivity contribution in [3.05, 3.63) is 65.5 Å². The Morgan fingerprint density at radius 2 is 1.65 bits per heavy atom. The SMILES string of the molecule is CNCCCC(=O)NCc1ccc(NC(=O)c2ccc(F)cc2)cc1.Cl. The van der Waals surface area contributed by atoms with Gasteiger partial charge in [-0.3, -0.25) is 9.59 Å². The van der Waals surface area contributed by atoms with Crippen LogP contribution in [0, 0.1) is 5.82 Å². The fraction of sp³-hybridized carbons (Fsp3) is 0.263. The summed E-state index contributed by atoms with van der Waals surface area (Å²) in [6, 6.07) is 12.6. The van der Waals surface area contributed by atoms with Crippen LogP contribution in [0.2, 0.25) is 0 Å². The first kappa shape index (κ1) is 21.6. The fourth-order valence-electron chi connectivity index (χ4n) is 2.23. The van der Waals surface area contributed by atoms with Crippen molar-refractivity contribution in [2.45, 2.75) is 19.4 Å².